The fourth-order valence-corrected chi connectivity index (χ4v) is 1.99. The number of carbonyl (C=O) groups is 1. The number of amides is 1. The van der Waals surface area contributed by atoms with Crippen LogP contribution in [0, 0.1) is 0 Å². The Balaban J connectivity index is 2.50. The molecule has 100 valence electrons. The maximum Gasteiger partial charge on any atom is 0.255 e. The van der Waals surface area contributed by atoms with E-state index in [4.69, 9.17) is 4.74 Å². The lowest BCUT2D eigenvalue weighted by Crippen LogP contribution is -2.24. The van der Waals surface area contributed by atoms with Crippen LogP contribution in [-0.2, 0) is 0 Å². The Labute approximate surface area is 112 Å². The third-order valence-electron chi connectivity index (χ3n) is 2.51. The summed E-state index contributed by atoms with van der Waals surface area (Å²) in [6, 6.07) is 4.61. The number of hydrogen-bond acceptors (Lipinski definition) is 4. The molecule has 4 nitrogen and oxygen atoms in total. The van der Waals surface area contributed by atoms with Crippen molar-refractivity contribution in [2.75, 3.05) is 25.7 Å². The van der Waals surface area contributed by atoms with Gasteiger partial charge in [0.1, 0.15) is 11.5 Å². The Morgan fingerprint density at radius 1 is 1.44 bits per heavy atom. The summed E-state index contributed by atoms with van der Waals surface area (Å²) in [7, 11) is 1.52. The molecule has 0 aromatic heterocycles. The van der Waals surface area contributed by atoms with Crippen molar-refractivity contribution >= 4 is 17.7 Å². The number of methoxy groups -OCH3 is 1. The van der Waals surface area contributed by atoms with Crippen molar-refractivity contribution < 1.29 is 14.6 Å². The van der Waals surface area contributed by atoms with Crippen LogP contribution in [0.25, 0.3) is 0 Å². The van der Waals surface area contributed by atoms with Gasteiger partial charge in [0.2, 0.25) is 0 Å². The SMILES string of the molecule is COc1ccc(O)c(C(=O)NCCCCSC)c1. The Hall–Kier alpha value is -1.36. The number of unbranched alkanes of at least 4 members (excludes halogenated alkanes) is 1. The fourth-order valence-electron chi connectivity index (χ4n) is 1.49. The summed E-state index contributed by atoms with van der Waals surface area (Å²) in [5.74, 6) is 1.36. The number of ether oxygens (including phenoxy) is 1. The maximum absolute atomic E-state index is 11.8. The third-order valence-corrected chi connectivity index (χ3v) is 3.21. The molecule has 0 bridgehead atoms. The third kappa shape index (κ3) is 4.49. The highest BCUT2D eigenvalue weighted by Gasteiger charge is 2.11. The first kappa shape index (κ1) is 14.7. The number of hydrogen-bond donors (Lipinski definition) is 2. The van der Waals surface area contributed by atoms with E-state index in [1.54, 1.807) is 17.8 Å². The van der Waals surface area contributed by atoms with Gasteiger partial charge in [-0.2, -0.15) is 11.8 Å². The molecule has 0 fully saturated rings. The van der Waals surface area contributed by atoms with E-state index in [1.807, 2.05) is 0 Å². The van der Waals surface area contributed by atoms with Crippen molar-refractivity contribution in [1.29, 1.82) is 0 Å². The van der Waals surface area contributed by atoms with Crippen LogP contribution >= 0.6 is 11.8 Å². The summed E-state index contributed by atoms with van der Waals surface area (Å²) in [5.41, 5.74) is 0.249. The van der Waals surface area contributed by atoms with E-state index in [2.05, 4.69) is 11.6 Å². The molecular weight excluding hydrogens is 250 g/mol. The first-order chi connectivity index (χ1) is 8.69. The molecule has 0 heterocycles. The molecule has 1 rings (SSSR count). The zero-order valence-electron chi connectivity index (χ0n) is 10.7. The van der Waals surface area contributed by atoms with Crippen molar-refractivity contribution in [3.63, 3.8) is 0 Å². The van der Waals surface area contributed by atoms with Gasteiger partial charge < -0.3 is 15.2 Å². The fraction of sp³-hybridized carbons (Fsp3) is 0.462. The normalized spacial score (nSPS) is 10.1. The Kier molecular flexibility index (Phi) is 6.43. The molecule has 0 spiro atoms. The quantitative estimate of drug-likeness (QED) is 0.746. The molecule has 1 aromatic rings. The van der Waals surface area contributed by atoms with E-state index in [0.29, 0.717) is 12.3 Å². The lowest BCUT2D eigenvalue weighted by molar-refractivity contribution is 0.0950. The van der Waals surface area contributed by atoms with Crippen LogP contribution in [0.3, 0.4) is 0 Å². The monoisotopic (exact) mass is 269 g/mol. The predicted octanol–water partition coefficient (Wildman–Crippen LogP) is 2.27. The van der Waals surface area contributed by atoms with Gasteiger partial charge in [-0.15, -0.1) is 0 Å². The van der Waals surface area contributed by atoms with Crippen molar-refractivity contribution in [1.82, 2.24) is 5.32 Å². The summed E-state index contributed by atoms with van der Waals surface area (Å²) in [6.45, 7) is 0.621. The molecule has 1 amide bonds. The van der Waals surface area contributed by atoms with Gasteiger partial charge in [0.25, 0.3) is 5.91 Å². The van der Waals surface area contributed by atoms with Gasteiger partial charge in [0.15, 0.2) is 0 Å². The first-order valence-corrected chi connectivity index (χ1v) is 7.22. The maximum atomic E-state index is 11.8. The number of phenols is 1. The van der Waals surface area contributed by atoms with Gasteiger partial charge >= 0.3 is 0 Å². The highest BCUT2D eigenvalue weighted by molar-refractivity contribution is 7.98. The van der Waals surface area contributed by atoms with Crippen LogP contribution in [-0.4, -0.2) is 36.7 Å². The number of rotatable bonds is 7. The van der Waals surface area contributed by atoms with Crippen LogP contribution in [0.2, 0.25) is 0 Å². The summed E-state index contributed by atoms with van der Waals surface area (Å²) < 4.78 is 5.02. The Morgan fingerprint density at radius 2 is 2.22 bits per heavy atom. The standard InChI is InChI=1S/C13H19NO3S/c1-17-10-5-6-12(15)11(9-10)13(16)14-7-3-4-8-18-2/h5-6,9,15H,3-4,7-8H2,1-2H3,(H,14,16). The number of benzene rings is 1. The number of phenolic OH excluding ortho intramolecular Hbond substituents is 1. The lowest BCUT2D eigenvalue weighted by atomic mass is 10.1. The van der Waals surface area contributed by atoms with E-state index in [9.17, 15) is 9.90 Å². The molecule has 0 radical (unpaired) electrons. The largest absolute Gasteiger partial charge is 0.507 e. The number of nitrogens with one attached hydrogen (secondary N) is 1. The van der Waals surface area contributed by atoms with Crippen LogP contribution in [0.5, 0.6) is 11.5 Å². The van der Waals surface area contributed by atoms with Gasteiger partial charge in [0.05, 0.1) is 12.7 Å². The average Bonchev–Trinajstić information content (AvgIpc) is 2.39. The van der Waals surface area contributed by atoms with Crippen LogP contribution in [0.1, 0.15) is 23.2 Å². The zero-order chi connectivity index (χ0) is 13.4. The van der Waals surface area contributed by atoms with Crippen LogP contribution < -0.4 is 10.1 Å². The van der Waals surface area contributed by atoms with E-state index in [-0.39, 0.29) is 17.2 Å². The summed E-state index contributed by atoms with van der Waals surface area (Å²) >= 11 is 1.79. The summed E-state index contributed by atoms with van der Waals surface area (Å²) in [5, 5.41) is 12.4. The van der Waals surface area contributed by atoms with Crippen molar-refractivity contribution in [2.24, 2.45) is 0 Å². The molecule has 0 aliphatic rings. The number of aromatic hydroxyl groups is 1. The Morgan fingerprint density at radius 3 is 2.89 bits per heavy atom. The second-order valence-electron chi connectivity index (χ2n) is 3.84. The van der Waals surface area contributed by atoms with Gasteiger partial charge in [-0.25, -0.2) is 0 Å². The van der Waals surface area contributed by atoms with Crippen molar-refractivity contribution in [3.05, 3.63) is 23.8 Å². The minimum absolute atomic E-state index is 0.0302. The minimum Gasteiger partial charge on any atom is -0.507 e. The highest BCUT2D eigenvalue weighted by Crippen LogP contribution is 2.22. The van der Waals surface area contributed by atoms with Gasteiger partial charge in [0, 0.05) is 6.54 Å². The van der Waals surface area contributed by atoms with Crippen molar-refractivity contribution in [3.8, 4) is 11.5 Å². The summed E-state index contributed by atoms with van der Waals surface area (Å²) in [4.78, 5) is 11.8. The highest BCUT2D eigenvalue weighted by atomic mass is 32.2. The molecule has 0 saturated carbocycles. The lowest BCUT2D eigenvalue weighted by Gasteiger charge is -2.08. The minimum atomic E-state index is -0.268. The molecule has 0 aliphatic heterocycles. The molecule has 5 heteroatoms. The molecule has 0 atom stereocenters. The molecule has 0 aliphatic carbocycles. The van der Waals surface area contributed by atoms with E-state index in [0.717, 1.165) is 18.6 Å². The van der Waals surface area contributed by atoms with E-state index in [1.165, 1.54) is 19.2 Å². The molecular formula is C13H19NO3S. The van der Waals surface area contributed by atoms with E-state index >= 15 is 0 Å². The average molecular weight is 269 g/mol. The van der Waals surface area contributed by atoms with Gasteiger partial charge in [-0.05, 0) is 43.0 Å². The molecule has 0 unspecified atom stereocenters. The van der Waals surface area contributed by atoms with E-state index < -0.39 is 0 Å². The topological polar surface area (TPSA) is 58.6 Å². The molecule has 0 saturated heterocycles. The molecule has 1 aromatic carbocycles. The predicted molar refractivity (Wildman–Crippen MR) is 74.6 cm³/mol. The van der Waals surface area contributed by atoms with Gasteiger partial charge in [-0.1, -0.05) is 0 Å². The van der Waals surface area contributed by atoms with Crippen LogP contribution in [0.4, 0.5) is 0 Å². The zero-order valence-corrected chi connectivity index (χ0v) is 11.5. The van der Waals surface area contributed by atoms with Gasteiger partial charge in [-0.3, -0.25) is 4.79 Å². The van der Waals surface area contributed by atoms with Crippen LogP contribution in [0.15, 0.2) is 18.2 Å². The summed E-state index contributed by atoms with van der Waals surface area (Å²) in [6.07, 6.45) is 4.08. The number of thioether (sulfide) groups is 1. The van der Waals surface area contributed by atoms with Crippen molar-refractivity contribution in [2.45, 2.75) is 12.8 Å². The molecule has 2 N–H and O–H groups in total. The second-order valence-corrected chi connectivity index (χ2v) is 4.82. The smallest absolute Gasteiger partial charge is 0.255 e. The molecule has 18 heavy (non-hydrogen) atoms. The Bertz CT molecular complexity index is 396. The first-order valence-electron chi connectivity index (χ1n) is 5.83. The number of carbonyl (C=O) groups excluding carboxylic acids is 1. The second kappa shape index (κ2) is 7.87.